The van der Waals surface area contributed by atoms with Crippen molar-refractivity contribution in [3.05, 3.63) is 24.2 Å². The lowest BCUT2D eigenvalue weighted by Gasteiger charge is -2.44. The molecule has 102 valence electrons. The lowest BCUT2D eigenvalue weighted by atomic mass is 9.86. The van der Waals surface area contributed by atoms with E-state index >= 15 is 0 Å². The van der Waals surface area contributed by atoms with Crippen LogP contribution in [-0.4, -0.2) is 47.3 Å². The van der Waals surface area contributed by atoms with Gasteiger partial charge in [0.2, 0.25) is 5.91 Å². The largest absolute Gasteiger partial charge is 0.472 e. The molecule has 2 saturated heterocycles. The van der Waals surface area contributed by atoms with Crippen molar-refractivity contribution < 1.29 is 14.0 Å². The molecule has 1 aromatic rings. The summed E-state index contributed by atoms with van der Waals surface area (Å²) >= 11 is 0. The summed E-state index contributed by atoms with van der Waals surface area (Å²) in [6.45, 7) is 1.40. The molecule has 1 spiro atoms. The second-order valence-corrected chi connectivity index (χ2v) is 5.52. The summed E-state index contributed by atoms with van der Waals surface area (Å²) in [5.74, 6) is 0.193. The molecule has 2 amide bonds. The minimum atomic E-state index is -0.144. The molecule has 0 aliphatic carbocycles. The Morgan fingerprint density at radius 1 is 1.42 bits per heavy atom. The highest BCUT2D eigenvalue weighted by molar-refractivity contribution is 5.94. The van der Waals surface area contributed by atoms with Gasteiger partial charge in [-0.1, -0.05) is 0 Å². The summed E-state index contributed by atoms with van der Waals surface area (Å²) in [6.07, 6.45) is 6.39. The van der Waals surface area contributed by atoms with Gasteiger partial charge in [-0.15, -0.1) is 0 Å². The third-order valence-corrected chi connectivity index (χ3v) is 4.50. The van der Waals surface area contributed by atoms with Gasteiger partial charge in [-0.05, 0) is 25.3 Å². The van der Waals surface area contributed by atoms with Crippen LogP contribution in [0.2, 0.25) is 0 Å². The minimum Gasteiger partial charge on any atom is -0.472 e. The van der Waals surface area contributed by atoms with Crippen LogP contribution in [0.25, 0.3) is 0 Å². The number of hydrogen-bond acceptors (Lipinski definition) is 3. The first-order chi connectivity index (χ1) is 9.12. The van der Waals surface area contributed by atoms with E-state index in [1.807, 2.05) is 16.8 Å². The molecule has 5 heteroatoms. The van der Waals surface area contributed by atoms with Crippen LogP contribution in [0.1, 0.15) is 36.0 Å². The van der Waals surface area contributed by atoms with Crippen LogP contribution in [0.4, 0.5) is 0 Å². The van der Waals surface area contributed by atoms with Gasteiger partial charge in [0.1, 0.15) is 6.26 Å². The maximum atomic E-state index is 12.4. The standard InChI is InChI=1S/C14H18N2O3/c1-15-12(17)3-6-14(15)5-2-7-16(10-14)13(18)11-4-8-19-9-11/h4,8-9H,2-3,5-7,10H2,1H3/t14-/m0/s1. The van der Waals surface area contributed by atoms with Crippen LogP contribution in [0.5, 0.6) is 0 Å². The molecule has 0 bridgehead atoms. The molecule has 0 radical (unpaired) electrons. The number of piperidine rings is 1. The predicted molar refractivity (Wildman–Crippen MR) is 68.6 cm³/mol. The Morgan fingerprint density at radius 2 is 2.26 bits per heavy atom. The van der Waals surface area contributed by atoms with Gasteiger partial charge in [0, 0.05) is 26.6 Å². The molecule has 1 atom stereocenters. The van der Waals surface area contributed by atoms with Crippen LogP contribution < -0.4 is 0 Å². The maximum absolute atomic E-state index is 12.4. The third-order valence-electron chi connectivity index (χ3n) is 4.50. The van der Waals surface area contributed by atoms with E-state index in [-0.39, 0.29) is 17.4 Å². The normalized spacial score (nSPS) is 27.3. The van der Waals surface area contributed by atoms with Crippen molar-refractivity contribution >= 4 is 11.8 Å². The van der Waals surface area contributed by atoms with E-state index in [0.29, 0.717) is 18.5 Å². The van der Waals surface area contributed by atoms with E-state index in [1.54, 1.807) is 6.07 Å². The van der Waals surface area contributed by atoms with Gasteiger partial charge >= 0.3 is 0 Å². The van der Waals surface area contributed by atoms with E-state index in [1.165, 1.54) is 12.5 Å². The molecule has 19 heavy (non-hydrogen) atoms. The van der Waals surface area contributed by atoms with Gasteiger partial charge < -0.3 is 14.2 Å². The van der Waals surface area contributed by atoms with Crippen molar-refractivity contribution in [3.8, 4) is 0 Å². The fourth-order valence-corrected chi connectivity index (χ4v) is 3.27. The highest BCUT2D eigenvalue weighted by atomic mass is 16.3. The quantitative estimate of drug-likeness (QED) is 0.770. The highest BCUT2D eigenvalue weighted by Gasteiger charge is 2.46. The van der Waals surface area contributed by atoms with Crippen molar-refractivity contribution in [2.75, 3.05) is 20.1 Å². The molecular weight excluding hydrogens is 244 g/mol. The second-order valence-electron chi connectivity index (χ2n) is 5.52. The lowest BCUT2D eigenvalue weighted by molar-refractivity contribution is -0.130. The van der Waals surface area contributed by atoms with E-state index in [4.69, 9.17) is 4.42 Å². The van der Waals surface area contributed by atoms with Crippen molar-refractivity contribution in [1.82, 2.24) is 9.80 Å². The summed E-state index contributed by atoms with van der Waals surface area (Å²) in [7, 11) is 1.86. The molecule has 0 saturated carbocycles. The van der Waals surface area contributed by atoms with Crippen LogP contribution >= 0.6 is 0 Å². The van der Waals surface area contributed by atoms with Crippen molar-refractivity contribution in [1.29, 1.82) is 0 Å². The van der Waals surface area contributed by atoms with Crippen LogP contribution in [0.15, 0.2) is 23.0 Å². The molecule has 0 aromatic carbocycles. The zero-order valence-electron chi connectivity index (χ0n) is 11.1. The first-order valence-corrected chi connectivity index (χ1v) is 6.71. The van der Waals surface area contributed by atoms with Gasteiger partial charge in [0.25, 0.3) is 5.91 Å². The number of amides is 2. The predicted octanol–water partition coefficient (Wildman–Crippen LogP) is 1.51. The van der Waals surface area contributed by atoms with Gasteiger partial charge in [0.05, 0.1) is 17.4 Å². The van der Waals surface area contributed by atoms with Gasteiger partial charge in [-0.2, -0.15) is 0 Å². The Labute approximate surface area is 112 Å². The zero-order chi connectivity index (χ0) is 13.5. The summed E-state index contributed by atoms with van der Waals surface area (Å²) in [6, 6.07) is 1.69. The zero-order valence-corrected chi connectivity index (χ0v) is 11.1. The topological polar surface area (TPSA) is 53.8 Å². The number of carbonyl (C=O) groups excluding carboxylic acids is 2. The number of nitrogens with zero attached hydrogens (tertiary/aromatic N) is 2. The molecule has 5 nitrogen and oxygen atoms in total. The first-order valence-electron chi connectivity index (χ1n) is 6.71. The van der Waals surface area contributed by atoms with Gasteiger partial charge in [-0.3, -0.25) is 9.59 Å². The number of hydrogen-bond donors (Lipinski definition) is 0. The molecule has 0 N–H and O–H groups in total. The number of furan rings is 1. The summed E-state index contributed by atoms with van der Waals surface area (Å²) < 4.78 is 4.97. The van der Waals surface area contributed by atoms with Crippen molar-refractivity contribution in [3.63, 3.8) is 0 Å². The summed E-state index contributed by atoms with van der Waals surface area (Å²) in [5, 5.41) is 0. The Hall–Kier alpha value is -1.78. The highest BCUT2D eigenvalue weighted by Crippen LogP contribution is 2.37. The Kier molecular flexibility index (Phi) is 2.84. The molecule has 1 aromatic heterocycles. The Bertz CT molecular complexity index is 497. The number of rotatable bonds is 1. The van der Waals surface area contributed by atoms with E-state index in [2.05, 4.69) is 0 Å². The van der Waals surface area contributed by atoms with E-state index in [0.717, 1.165) is 25.8 Å². The molecule has 3 rings (SSSR count). The monoisotopic (exact) mass is 262 g/mol. The number of carbonyl (C=O) groups is 2. The molecule has 3 heterocycles. The maximum Gasteiger partial charge on any atom is 0.257 e. The summed E-state index contributed by atoms with van der Waals surface area (Å²) in [5.41, 5.74) is 0.443. The molecule has 2 aliphatic rings. The van der Waals surface area contributed by atoms with Crippen LogP contribution in [-0.2, 0) is 4.79 Å². The van der Waals surface area contributed by atoms with E-state index in [9.17, 15) is 9.59 Å². The second kappa shape index (κ2) is 4.40. The fraction of sp³-hybridized carbons (Fsp3) is 0.571. The average molecular weight is 262 g/mol. The Morgan fingerprint density at radius 3 is 2.89 bits per heavy atom. The molecule has 0 unspecified atom stereocenters. The SMILES string of the molecule is CN1C(=O)CC[C@]12CCCN(C(=O)c1ccoc1)C2. The van der Waals surface area contributed by atoms with Crippen molar-refractivity contribution in [2.45, 2.75) is 31.2 Å². The van der Waals surface area contributed by atoms with Crippen LogP contribution in [0, 0.1) is 0 Å². The number of likely N-dealkylation sites (tertiary alicyclic amines) is 2. The summed E-state index contributed by atoms with van der Waals surface area (Å²) in [4.78, 5) is 27.8. The minimum absolute atomic E-state index is 0.000531. The lowest BCUT2D eigenvalue weighted by Crippen LogP contribution is -2.56. The third kappa shape index (κ3) is 1.93. The fourth-order valence-electron chi connectivity index (χ4n) is 3.27. The first kappa shape index (κ1) is 12.3. The molecule has 2 fully saturated rings. The van der Waals surface area contributed by atoms with Crippen LogP contribution in [0.3, 0.4) is 0 Å². The molecular formula is C14H18N2O3. The number of likely N-dealkylation sites (N-methyl/N-ethyl adjacent to an activating group) is 1. The van der Waals surface area contributed by atoms with Crippen molar-refractivity contribution in [2.24, 2.45) is 0 Å². The van der Waals surface area contributed by atoms with E-state index < -0.39 is 0 Å². The van der Waals surface area contributed by atoms with Gasteiger partial charge in [-0.25, -0.2) is 0 Å². The molecule has 2 aliphatic heterocycles. The smallest absolute Gasteiger partial charge is 0.257 e. The van der Waals surface area contributed by atoms with Gasteiger partial charge in [0.15, 0.2) is 0 Å². The Balaban J connectivity index is 1.79. The average Bonchev–Trinajstić information content (AvgIpc) is 3.04.